The third-order valence-electron chi connectivity index (χ3n) is 4.32. The molecule has 20 heavy (non-hydrogen) atoms. The van der Waals surface area contributed by atoms with Crippen LogP contribution in [-0.4, -0.2) is 6.04 Å². The van der Waals surface area contributed by atoms with Gasteiger partial charge in [-0.05, 0) is 42.4 Å². The molecule has 1 aliphatic rings. The molecule has 0 bridgehead atoms. The van der Waals surface area contributed by atoms with Crippen LogP contribution in [0.2, 0.25) is 5.02 Å². The van der Waals surface area contributed by atoms with E-state index in [1.54, 1.807) is 6.07 Å². The van der Waals surface area contributed by atoms with Gasteiger partial charge in [0.25, 0.3) is 0 Å². The number of halogens is 1. The lowest BCUT2D eigenvalue weighted by atomic mass is 9.69. The Labute approximate surface area is 127 Å². The fourth-order valence-electron chi connectivity index (χ4n) is 3.25. The number of nitrogens with one attached hydrogen (secondary N) is 1. The topological polar surface area (TPSA) is 35.8 Å². The number of hydrogen-bond donors (Lipinski definition) is 1. The molecule has 1 aromatic rings. The quantitative estimate of drug-likeness (QED) is 0.809. The SMILES string of the molecule is CC(C)(C)C1CCCCC1Nc1ccc(C#N)c(Cl)c1. The fraction of sp³-hybridized carbons (Fsp3) is 0.588. The Morgan fingerprint density at radius 1 is 1.25 bits per heavy atom. The van der Waals surface area contributed by atoms with Gasteiger partial charge in [-0.25, -0.2) is 0 Å². The maximum absolute atomic E-state index is 8.92. The zero-order chi connectivity index (χ0) is 14.8. The second kappa shape index (κ2) is 6.06. The van der Waals surface area contributed by atoms with Crippen LogP contribution in [0.1, 0.15) is 52.0 Å². The van der Waals surface area contributed by atoms with Crippen molar-refractivity contribution >= 4 is 17.3 Å². The fourth-order valence-corrected chi connectivity index (χ4v) is 3.47. The Hall–Kier alpha value is -1.20. The van der Waals surface area contributed by atoms with Gasteiger partial charge in [0.15, 0.2) is 0 Å². The molecule has 0 radical (unpaired) electrons. The van der Waals surface area contributed by atoms with Gasteiger partial charge in [-0.15, -0.1) is 0 Å². The van der Waals surface area contributed by atoms with E-state index in [0.29, 0.717) is 28.0 Å². The van der Waals surface area contributed by atoms with Crippen molar-refractivity contribution in [3.8, 4) is 6.07 Å². The highest BCUT2D eigenvalue weighted by molar-refractivity contribution is 6.32. The van der Waals surface area contributed by atoms with Gasteiger partial charge in [0.2, 0.25) is 0 Å². The predicted molar refractivity (Wildman–Crippen MR) is 85.0 cm³/mol. The highest BCUT2D eigenvalue weighted by atomic mass is 35.5. The molecule has 0 saturated heterocycles. The van der Waals surface area contributed by atoms with Crippen molar-refractivity contribution in [2.24, 2.45) is 11.3 Å². The van der Waals surface area contributed by atoms with Crippen molar-refractivity contribution in [1.29, 1.82) is 5.26 Å². The molecule has 2 rings (SSSR count). The molecule has 0 heterocycles. The highest BCUT2D eigenvalue weighted by Crippen LogP contribution is 2.39. The molecular formula is C17H23ClN2. The molecular weight excluding hydrogens is 268 g/mol. The summed E-state index contributed by atoms with van der Waals surface area (Å²) >= 11 is 6.11. The Kier molecular flexibility index (Phi) is 4.60. The molecule has 2 nitrogen and oxygen atoms in total. The molecule has 0 aromatic heterocycles. The van der Waals surface area contributed by atoms with Crippen molar-refractivity contribution in [2.45, 2.75) is 52.5 Å². The zero-order valence-corrected chi connectivity index (χ0v) is 13.3. The number of hydrogen-bond acceptors (Lipinski definition) is 2. The van der Waals surface area contributed by atoms with Crippen molar-refractivity contribution < 1.29 is 0 Å². The van der Waals surface area contributed by atoms with Crippen LogP contribution in [0.3, 0.4) is 0 Å². The van der Waals surface area contributed by atoms with Crippen molar-refractivity contribution in [3.63, 3.8) is 0 Å². The minimum Gasteiger partial charge on any atom is -0.382 e. The van der Waals surface area contributed by atoms with E-state index >= 15 is 0 Å². The minimum atomic E-state index is 0.314. The Balaban J connectivity index is 2.15. The molecule has 1 N–H and O–H groups in total. The molecule has 1 saturated carbocycles. The standard InChI is InChI=1S/C17H23ClN2/c1-17(2,3)14-6-4-5-7-16(14)20-13-9-8-12(11-19)15(18)10-13/h8-10,14,16,20H,4-7H2,1-3H3. The van der Waals surface area contributed by atoms with Crippen LogP contribution in [0.25, 0.3) is 0 Å². The van der Waals surface area contributed by atoms with Crippen molar-refractivity contribution in [3.05, 3.63) is 28.8 Å². The van der Waals surface area contributed by atoms with E-state index in [4.69, 9.17) is 16.9 Å². The van der Waals surface area contributed by atoms with E-state index in [1.807, 2.05) is 12.1 Å². The second-order valence-corrected chi connectivity index (χ2v) is 7.22. The monoisotopic (exact) mass is 290 g/mol. The first-order chi connectivity index (χ1) is 9.41. The molecule has 0 aliphatic heterocycles. The number of rotatable bonds is 2. The van der Waals surface area contributed by atoms with Crippen LogP contribution >= 0.6 is 11.6 Å². The Morgan fingerprint density at radius 2 is 1.95 bits per heavy atom. The summed E-state index contributed by atoms with van der Waals surface area (Å²) < 4.78 is 0. The van der Waals surface area contributed by atoms with E-state index < -0.39 is 0 Å². The van der Waals surface area contributed by atoms with Gasteiger partial charge in [0.05, 0.1) is 10.6 Å². The average Bonchev–Trinajstić information content (AvgIpc) is 2.38. The molecule has 2 atom stereocenters. The summed E-state index contributed by atoms with van der Waals surface area (Å²) in [4.78, 5) is 0. The molecule has 1 aromatic carbocycles. The van der Waals surface area contributed by atoms with E-state index in [0.717, 1.165) is 5.69 Å². The minimum absolute atomic E-state index is 0.314. The summed E-state index contributed by atoms with van der Waals surface area (Å²) in [6.45, 7) is 6.97. The third kappa shape index (κ3) is 3.46. The van der Waals surface area contributed by atoms with Gasteiger partial charge in [-0.1, -0.05) is 45.2 Å². The lowest BCUT2D eigenvalue weighted by Gasteiger charge is -2.41. The predicted octanol–water partition coefficient (Wildman–Crippen LogP) is 5.23. The third-order valence-corrected chi connectivity index (χ3v) is 4.63. The number of benzene rings is 1. The summed E-state index contributed by atoms with van der Waals surface area (Å²) in [6.07, 6.45) is 5.10. The van der Waals surface area contributed by atoms with Gasteiger partial charge in [0.1, 0.15) is 6.07 Å². The molecule has 1 fully saturated rings. The number of nitrogens with zero attached hydrogens (tertiary/aromatic N) is 1. The first-order valence-electron chi connectivity index (χ1n) is 7.38. The van der Waals surface area contributed by atoms with Crippen molar-refractivity contribution in [1.82, 2.24) is 0 Å². The van der Waals surface area contributed by atoms with E-state index in [9.17, 15) is 0 Å². The van der Waals surface area contributed by atoms with Crippen LogP contribution in [0, 0.1) is 22.7 Å². The smallest absolute Gasteiger partial charge is 0.101 e. The molecule has 0 spiro atoms. The van der Waals surface area contributed by atoms with Crippen LogP contribution in [-0.2, 0) is 0 Å². The van der Waals surface area contributed by atoms with Crippen molar-refractivity contribution in [2.75, 3.05) is 5.32 Å². The maximum Gasteiger partial charge on any atom is 0.101 e. The largest absolute Gasteiger partial charge is 0.382 e. The summed E-state index contributed by atoms with van der Waals surface area (Å²) in [6, 6.07) is 8.21. The first kappa shape index (κ1) is 15.2. The van der Waals surface area contributed by atoms with E-state index in [2.05, 4.69) is 32.2 Å². The molecule has 1 aliphatic carbocycles. The molecule has 108 valence electrons. The van der Waals surface area contributed by atoms with Gasteiger partial charge < -0.3 is 5.32 Å². The van der Waals surface area contributed by atoms with Crippen LogP contribution in [0.5, 0.6) is 0 Å². The summed E-state index contributed by atoms with van der Waals surface area (Å²) in [7, 11) is 0. The van der Waals surface area contributed by atoms with E-state index in [-0.39, 0.29) is 0 Å². The summed E-state index contributed by atoms with van der Waals surface area (Å²) in [5, 5.41) is 13.1. The van der Waals surface area contributed by atoms with Gasteiger partial charge in [-0.2, -0.15) is 5.26 Å². The van der Waals surface area contributed by atoms with Gasteiger partial charge in [-0.3, -0.25) is 0 Å². The molecule has 3 heteroatoms. The van der Waals surface area contributed by atoms with Crippen LogP contribution in [0.4, 0.5) is 5.69 Å². The normalized spacial score (nSPS) is 23.1. The van der Waals surface area contributed by atoms with Crippen LogP contribution < -0.4 is 5.32 Å². The first-order valence-corrected chi connectivity index (χ1v) is 7.76. The zero-order valence-electron chi connectivity index (χ0n) is 12.5. The lowest BCUT2D eigenvalue weighted by molar-refractivity contribution is 0.163. The Bertz CT molecular complexity index is 511. The van der Waals surface area contributed by atoms with Gasteiger partial charge >= 0.3 is 0 Å². The number of nitriles is 1. The van der Waals surface area contributed by atoms with Crippen LogP contribution in [0.15, 0.2) is 18.2 Å². The summed E-state index contributed by atoms with van der Waals surface area (Å²) in [5.41, 5.74) is 1.87. The Morgan fingerprint density at radius 3 is 2.55 bits per heavy atom. The number of anilines is 1. The molecule has 2 unspecified atom stereocenters. The molecule has 0 amide bonds. The lowest BCUT2D eigenvalue weighted by Crippen LogP contribution is -2.39. The highest BCUT2D eigenvalue weighted by Gasteiger charge is 2.34. The van der Waals surface area contributed by atoms with E-state index in [1.165, 1.54) is 25.7 Å². The van der Waals surface area contributed by atoms with Gasteiger partial charge in [0, 0.05) is 11.7 Å². The average molecular weight is 291 g/mol. The summed E-state index contributed by atoms with van der Waals surface area (Å²) in [5.74, 6) is 0.672. The maximum atomic E-state index is 8.92. The second-order valence-electron chi connectivity index (χ2n) is 6.81.